The number of benzene rings is 1. The van der Waals surface area contributed by atoms with Gasteiger partial charge in [0.05, 0.1) is 17.0 Å². The van der Waals surface area contributed by atoms with Crippen LogP contribution in [0.5, 0.6) is 0 Å². The van der Waals surface area contributed by atoms with Crippen LogP contribution in [0.1, 0.15) is 70.2 Å². The summed E-state index contributed by atoms with van der Waals surface area (Å²) in [5, 5.41) is 5.88. The summed E-state index contributed by atoms with van der Waals surface area (Å²) >= 11 is 1.29. The highest BCUT2D eigenvalue weighted by Crippen LogP contribution is 2.37. The Morgan fingerprint density at radius 3 is 2.33 bits per heavy atom. The van der Waals surface area contributed by atoms with E-state index in [1.807, 2.05) is 0 Å². The molecule has 1 aromatic heterocycles. The third-order valence-corrected chi connectivity index (χ3v) is 10.1. The van der Waals surface area contributed by atoms with E-state index in [0.29, 0.717) is 30.1 Å². The number of hydrogen-bond acceptors (Lipinski definition) is 6. The van der Waals surface area contributed by atoms with Crippen LogP contribution in [-0.2, 0) is 27.8 Å². The third-order valence-electron chi connectivity index (χ3n) is 7.07. The van der Waals surface area contributed by atoms with Crippen molar-refractivity contribution in [3.63, 3.8) is 0 Å². The van der Waals surface area contributed by atoms with Crippen LogP contribution in [0, 0.1) is 0 Å². The molecule has 0 bridgehead atoms. The van der Waals surface area contributed by atoms with Crippen LogP contribution < -0.4 is 10.6 Å². The van der Waals surface area contributed by atoms with E-state index in [0.717, 1.165) is 42.5 Å². The molecule has 0 spiro atoms. The maximum absolute atomic E-state index is 13.1. The Labute approximate surface area is 215 Å². The molecule has 2 aliphatic rings. The molecule has 0 unspecified atom stereocenters. The quantitative estimate of drug-likeness (QED) is 0.593. The fraction of sp³-hybridized carbons (Fsp3) is 0.480. The SMILES string of the molecule is CNC(=O)c1c(NC(=O)c2ccc(S(=O)(=O)N(C)C3CCCCC3)cc2)sc2c1CCN(C(C)=O)C2. The van der Waals surface area contributed by atoms with Crippen molar-refractivity contribution in [2.24, 2.45) is 0 Å². The summed E-state index contributed by atoms with van der Waals surface area (Å²) in [5.41, 5.74) is 1.55. The number of nitrogens with zero attached hydrogens (tertiary/aromatic N) is 2. The van der Waals surface area contributed by atoms with Crippen LogP contribution in [0.2, 0.25) is 0 Å². The van der Waals surface area contributed by atoms with Crippen molar-refractivity contribution in [3.8, 4) is 0 Å². The Hall–Kier alpha value is -2.76. The molecular weight excluding hydrogens is 500 g/mol. The summed E-state index contributed by atoms with van der Waals surface area (Å²) in [6.45, 7) is 2.43. The number of nitrogens with one attached hydrogen (secondary N) is 2. The molecule has 194 valence electrons. The van der Waals surface area contributed by atoms with Gasteiger partial charge in [0, 0.05) is 44.0 Å². The van der Waals surface area contributed by atoms with Gasteiger partial charge in [0.25, 0.3) is 11.8 Å². The van der Waals surface area contributed by atoms with E-state index >= 15 is 0 Å². The number of anilines is 1. The van der Waals surface area contributed by atoms with Crippen molar-refractivity contribution in [2.75, 3.05) is 26.0 Å². The fourth-order valence-corrected chi connectivity index (χ4v) is 7.56. The van der Waals surface area contributed by atoms with Gasteiger partial charge >= 0.3 is 0 Å². The van der Waals surface area contributed by atoms with Crippen molar-refractivity contribution in [1.82, 2.24) is 14.5 Å². The van der Waals surface area contributed by atoms with Crippen molar-refractivity contribution < 1.29 is 22.8 Å². The van der Waals surface area contributed by atoms with Crippen LogP contribution >= 0.6 is 11.3 Å². The minimum absolute atomic E-state index is 0.00125. The second kappa shape index (κ2) is 10.7. The highest BCUT2D eigenvalue weighted by molar-refractivity contribution is 7.89. The number of sulfonamides is 1. The third kappa shape index (κ3) is 5.18. The minimum Gasteiger partial charge on any atom is -0.355 e. The molecule has 36 heavy (non-hydrogen) atoms. The summed E-state index contributed by atoms with van der Waals surface area (Å²) < 4.78 is 27.7. The lowest BCUT2D eigenvalue weighted by Crippen LogP contribution is -2.38. The summed E-state index contributed by atoms with van der Waals surface area (Å²) in [6.07, 6.45) is 5.45. The molecule has 11 heteroatoms. The molecule has 1 fully saturated rings. The van der Waals surface area contributed by atoms with E-state index in [9.17, 15) is 22.8 Å². The van der Waals surface area contributed by atoms with Gasteiger partial charge in [0.1, 0.15) is 5.00 Å². The molecule has 2 aromatic rings. The van der Waals surface area contributed by atoms with Crippen molar-refractivity contribution in [1.29, 1.82) is 0 Å². The maximum Gasteiger partial charge on any atom is 0.256 e. The summed E-state index contributed by atoms with van der Waals surface area (Å²) in [7, 11) is -0.500. The molecule has 0 atom stereocenters. The van der Waals surface area contributed by atoms with Crippen LogP contribution in [0.25, 0.3) is 0 Å². The highest BCUT2D eigenvalue weighted by Gasteiger charge is 2.31. The molecule has 1 aliphatic heterocycles. The van der Waals surface area contributed by atoms with Gasteiger partial charge in [-0.1, -0.05) is 19.3 Å². The highest BCUT2D eigenvalue weighted by atomic mass is 32.2. The Balaban J connectivity index is 1.54. The Morgan fingerprint density at radius 2 is 1.72 bits per heavy atom. The first-order valence-electron chi connectivity index (χ1n) is 12.1. The zero-order valence-electron chi connectivity index (χ0n) is 20.8. The monoisotopic (exact) mass is 532 g/mol. The lowest BCUT2D eigenvalue weighted by Gasteiger charge is -2.30. The fourth-order valence-electron chi connectivity index (χ4n) is 4.89. The zero-order chi connectivity index (χ0) is 26.0. The van der Waals surface area contributed by atoms with Gasteiger partial charge in [-0.25, -0.2) is 8.42 Å². The van der Waals surface area contributed by atoms with Crippen molar-refractivity contribution >= 4 is 44.1 Å². The first-order valence-corrected chi connectivity index (χ1v) is 14.4. The van der Waals surface area contributed by atoms with Gasteiger partial charge in [-0.05, 0) is 49.1 Å². The largest absolute Gasteiger partial charge is 0.355 e. The van der Waals surface area contributed by atoms with Crippen LogP contribution in [0.3, 0.4) is 0 Å². The summed E-state index contributed by atoms with van der Waals surface area (Å²) in [6, 6.07) is 5.88. The van der Waals surface area contributed by atoms with Crippen LogP contribution in [0.4, 0.5) is 5.00 Å². The average Bonchev–Trinajstić information content (AvgIpc) is 3.25. The Kier molecular flexibility index (Phi) is 7.82. The molecule has 9 nitrogen and oxygen atoms in total. The molecule has 4 rings (SSSR count). The standard InChI is InChI=1S/C25H32N4O5S2/c1-16(30)29-14-13-20-21(15-29)35-25(22(20)24(32)26-2)27-23(31)17-9-11-19(12-10-17)36(33,34)28(3)18-7-5-4-6-8-18/h9-12,18H,4-8,13-15H2,1-3H3,(H,26,32)(H,27,31). The molecule has 2 heterocycles. The predicted molar refractivity (Wildman–Crippen MR) is 139 cm³/mol. The number of fused-ring (bicyclic) bond motifs is 1. The number of rotatable bonds is 6. The van der Waals surface area contributed by atoms with Gasteiger partial charge in [-0.3, -0.25) is 14.4 Å². The van der Waals surface area contributed by atoms with Crippen LogP contribution in [0.15, 0.2) is 29.2 Å². The smallest absolute Gasteiger partial charge is 0.256 e. The van der Waals surface area contributed by atoms with E-state index in [2.05, 4.69) is 10.6 Å². The van der Waals surface area contributed by atoms with E-state index < -0.39 is 15.9 Å². The molecule has 3 amide bonds. The lowest BCUT2D eigenvalue weighted by atomic mass is 9.96. The topological polar surface area (TPSA) is 116 Å². The van der Waals surface area contributed by atoms with Crippen molar-refractivity contribution in [3.05, 3.63) is 45.8 Å². The van der Waals surface area contributed by atoms with E-state index in [-0.39, 0.29) is 28.3 Å². The van der Waals surface area contributed by atoms with E-state index in [1.165, 1.54) is 53.9 Å². The minimum atomic E-state index is -3.66. The normalized spacial score (nSPS) is 16.5. The first-order chi connectivity index (χ1) is 17.1. The molecule has 0 saturated heterocycles. The molecular formula is C25H32N4O5S2. The lowest BCUT2D eigenvalue weighted by molar-refractivity contribution is -0.129. The number of carbonyl (C=O) groups is 3. The zero-order valence-corrected chi connectivity index (χ0v) is 22.4. The second-order valence-corrected chi connectivity index (χ2v) is 12.4. The van der Waals surface area contributed by atoms with Gasteiger partial charge in [-0.2, -0.15) is 4.31 Å². The molecule has 1 aromatic carbocycles. The summed E-state index contributed by atoms with van der Waals surface area (Å²) in [4.78, 5) is 40.2. The number of carbonyl (C=O) groups excluding carboxylic acids is 3. The molecule has 1 aliphatic carbocycles. The second-order valence-electron chi connectivity index (χ2n) is 9.27. The summed E-state index contributed by atoms with van der Waals surface area (Å²) in [5.74, 6) is -0.775. The van der Waals surface area contributed by atoms with Gasteiger partial charge < -0.3 is 15.5 Å². The van der Waals surface area contributed by atoms with E-state index in [4.69, 9.17) is 0 Å². The van der Waals surface area contributed by atoms with Gasteiger partial charge in [-0.15, -0.1) is 11.3 Å². The van der Waals surface area contributed by atoms with Crippen LogP contribution in [-0.4, -0.2) is 62.0 Å². The van der Waals surface area contributed by atoms with Gasteiger partial charge in [0.2, 0.25) is 15.9 Å². The Morgan fingerprint density at radius 1 is 1.06 bits per heavy atom. The predicted octanol–water partition coefficient (Wildman–Crippen LogP) is 3.22. The maximum atomic E-state index is 13.1. The first kappa shape index (κ1) is 26.3. The molecule has 1 saturated carbocycles. The average molecular weight is 533 g/mol. The number of thiophene rings is 1. The Bertz CT molecular complexity index is 1260. The van der Waals surface area contributed by atoms with Crippen molar-refractivity contribution in [2.45, 2.75) is 62.9 Å². The molecule has 2 N–H and O–H groups in total. The number of hydrogen-bond donors (Lipinski definition) is 2. The number of amides is 3. The molecule has 0 radical (unpaired) electrons. The van der Waals surface area contributed by atoms with Gasteiger partial charge in [0.15, 0.2) is 0 Å². The van der Waals surface area contributed by atoms with E-state index in [1.54, 1.807) is 11.9 Å².